The Morgan fingerprint density at radius 3 is 0.805 bits per heavy atom. The van der Waals surface area contributed by atoms with Gasteiger partial charge in [-0.25, -0.2) is 0 Å². The van der Waals surface area contributed by atoms with E-state index in [1.165, 1.54) is 101 Å². The molecule has 0 bridgehead atoms. The van der Waals surface area contributed by atoms with E-state index in [9.17, 15) is 0 Å². The smallest absolute Gasteiger partial charge is 0.00674 e. The predicted molar refractivity (Wildman–Crippen MR) is 194 cm³/mol. The minimum Gasteiger partial charge on any atom is -0.162 e. The molecule has 0 aliphatic carbocycles. The molecule has 0 nitrogen and oxygen atoms in total. The van der Waals surface area contributed by atoms with Gasteiger partial charge in [0.25, 0.3) is 0 Å². The average molecular weight is 579 g/mol. The first kappa shape index (κ1) is 39.3. The van der Waals surface area contributed by atoms with Gasteiger partial charge in [0.2, 0.25) is 0 Å². The van der Waals surface area contributed by atoms with Crippen molar-refractivity contribution in [3.05, 3.63) is 97.2 Å². The second-order valence-corrected chi connectivity index (χ2v) is 12.0. The van der Waals surface area contributed by atoms with Crippen LogP contribution in [0.5, 0.6) is 0 Å². The average Bonchev–Trinajstić information content (AvgIpc) is 2.98. The second kappa shape index (κ2) is 38.3. The Kier molecular flexibility index (Phi) is 36.7. The van der Waals surface area contributed by atoms with Crippen LogP contribution in [0.4, 0.5) is 0 Å². The van der Waals surface area contributed by atoms with Gasteiger partial charge in [0.1, 0.15) is 0 Å². The Morgan fingerprint density at radius 1 is 0.293 bits per heavy atom. The molecule has 0 unspecified atom stereocenters. The van der Waals surface area contributed by atoms with E-state index in [0.717, 1.165) is 38.5 Å². The molecular weight excluding hydrogens is 513 g/mol. The first-order chi connectivity index (χ1) is 20.4. The molecule has 0 atom stereocenters. The lowest BCUT2D eigenvalue weighted by molar-refractivity contribution is 0.728. The number of rotatable bonds is 30. The van der Waals surface area contributed by atoms with Crippen molar-refractivity contribution in [1.29, 1.82) is 0 Å². The summed E-state index contributed by atoms with van der Waals surface area (Å²) in [6.07, 6.45) is 61.5. The zero-order valence-electron chi connectivity index (χ0n) is 27.2. The zero-order chi connectivity index (χ0) is 29.6. The second-order valence-electron chi connectivity index (χ2n) is 10.8. The van der Waals surface area contributed by atoms with Crippen molar-refractivity contribution in [1.82, 2.24) is 0 Å². The molecule has 0 aromatic rings. The first-order valence-electron chi connectivity index (χ1n) is 17.2. The molecule has 0 aromatic heterocycles. The lowest BCUT2D eigenvalue weighted by Gasteiger charge is -2.00. The van der Waals surface area contributed by atoms with Crippen molar-refractivity contribution in [2.45, 2.75) is 142 Å². The van der Waals surface area contributed by atoms with Crippen LogP contribution in [0, 0.1) is 0 Å². The quantitative estimate of drug-likeness (QED) is 0.0603. The van der Waals surface area contributed by atoms with Gasteiger partial charge in [0.15, 0.2) is 0 Å². The fourth-order valence-electron chi connectivity index (χ4n) is 4.16. The topological polar surface area (TPSA) is 0 Å². The molecule has 0 heterocycles. The van der Waals surface area contributed by atoms with Crippen LogP contribution >= 0.6 is 11.8 Å². The van der Waals surface area contributed by atoms with E-state index in [4.69, 9.17) is 0 Å². The van der Waals surface area contributed by atoms with Gasteiger partial charge in [-0.15, -0.1) is 0 Å². The van der Waals surface area contributed by atoms with Crippen molar-refractivity contribution in [2.75, 3.05) is 11.5 Å². The Hall–Kier alpha value is -1.73. The summed E-state index contributed by atoms with van der Waals surface area (Å²) in [4.78, 5) is 0. The summed E-state index contributed by atoms with van der Waals surface area (Å²) >= 11 is 2.14. The summed E-state index contributed by atoms with van der Waals surface area (Å²) in [6, 6.07) is 0. The van der Waals surface area contributed by atoms with Crippen molar-refractivity contribution in [2.24, 2.45) is 0 Å². The summed E-state index contributed by atoms with van der Waals surface area (Å²) in [5, 5.41) is 0. The van der Waals surface area contributed by atoms with E-state index in [2.05, 4.69) is 123 Å². The number of unbranched alkanes of at least 4 members (excludes halogenated alkanes) is 10. The maximum Gasteiger partial charge on any atom is -0.00674 e. The molecule has 41 heavy (non-hydrogen) atoms. The van der Waals surface area contributed by atoms with Crippen molar-refractivity contribution in [3.8, 4) is 0 Å². The Bertz CT molecular complexity index is 666. The summed E-state index contributed by atoms with van der Waals surface area (Å²) < 4.78 is 0. The highest BCUT2D eigenvalue weighted by atomic mass is 32.2. The molecule has 0 spiro atoms. The molecule has 232 valence electrons. The van der Waals surface area contributed by atoms with E-state index in [0.29, 0.717) is 0 Å². The highest BCUT2D eigenvalue weighted by Gasteiger charge is 1.91. The van der Waals surface area contributed by atoms with Crippen LogP contribution < -0.4 is 0 Å². The van der Waals surface area contributed by atoms with E-state index >= 15 is 0 Å². The molecule has 1 heteroatoms. The maximum absolute atomic E-state index is 2.36. The summed E-state index contributed by atoms with van der Waals surface area (Å²) in [5.41, 5.74) is 0. The SMILES string of the molecule is CCCCC/C=C\C/C=C\C/C=C\C/C=C\CCCCSCCCC/C=C\C/C=C\C/C=C\C/C=C\CCCCC. The van der Waals surface area contributed by atoms with Crippen LogP contribution in [0.15, 0.2) is 97.2 Å². The third-order valence-electron chi connectivity index (χ3n) is 6.73. The molecule has 0 N–H and O–H groups in total. The van der Waals surface area contributed by atoms with E-state index < -0.39 is 0 Å². The van der Waals surface area contributed by atoms with Gasteiger partial charge >= 0.3 is 0 Å². The standard InChI is InChI=1S/C40H66S/c1-3-5-7-9-11-13-15-17-19-21-23-25-27-29-31-33-35-37-39-41-40-38-36-34-32-30-28-26-24-22-20-18-16-14-12-10-8-6-4-2/h11-14,17-20,23-26,29-32H,3-10,15-16,21-22,27-28,33-40H2,1-2H3/b13-11-,14-12-,19-17-,20-18-,25-23-,26-24-,31-29-,32-30-. The fraction of sp³-hybridized carbons (Fsp3) is 0.600. The van der Waals surface area contributed by atoms with E-state index in [1.54, 1.807) is 0 Å². The molecule has 0 saturated carbocycles. The van der Waals surface area contributed by atoms with Gasteiger partial charge in [-0.2, -0.15) is 11.8 Å². The summed E-state index contributed by atoms with van der Waals surface area (Å²) in [5.74, 6) is 2.64. The Labute approximate surface area is 262 Å². The van der Waals surface area contributed by atoms with Crippen LogP contribution in [0.2, 0.25) is 0 Å². The van der Waals surface area contributed by atoms with Gasteiger partial charge in [0.05, 0.1) is 0 Å². The third-order valence-corrected chi connectivity index (χ3v) is 7.89. The van der Waals surface area contributed by atoms with E-state index in [1.807, 2.05) is 0 Å². The van der Waals surface area contributed by atoms with Gasteiger partial charge in [-0.3, -0.25) is 0 Å². The number of hydrogen-bond acceptors (Lipinski definition) is 1. The van der Waals surface area contributed by atoms with Gasteiger partial charge < -0.3 is 0 Å². The molecule has 0 rings (SSSR count). The Balaban J connectivity index is 3.37. The third kappa shape index (κ3) is 38.3. The van der Waals surface area contributed by atoms with Gasteiger partial charge in [-0.05, 0) is 114 Å². The molecule has 0 fully saturated rings. The first-order valence-corrected chi connectivity index (χ1v) is 18.3. The Morgan fingerprint density at radius 2 is 0.537 bits per heavy atom. The fourth-order valence-corrected chi connectivity index (χ4v) is 5.18. The normalized spacial score (nSPS) is 13.1. The molecule has 0 aliphatic heterocycles. The minimum atomic E-state index is 1.05. The lowest BCUT2D eigenvalue weighted by atomic mass is 10.2. The number of allylic oxidation sites excluding steroid dienone is 16. The van der Waals surface area contributed by atoms with Gasteiger partial charge in [-0.1, -0.05) is 137 Å². The molecule has 0 amide bonds. The van der Waals surface area contributed by atoms with Crippen LogP contribution in [0.25, 0.3) is 0 Å². The van der Waals surface area contributed by atoms with Crippen molar-refractivity contribution < 1.29 is 0 Å². The minimum absolute atomic E-state index is 1.05. The monoisotopic (exact) mass is 578 g/mol. The molecule has 0 saturated heterocycles. The largest absolute Gasteiger partial charge is 0.162 e. The summed E-state index contributed by atoms with van der Waals surface area (Å²) in [7, 11) is 0. The van der Waals surface area contributed by atoms with Crippen LogP contribution in [-0.2, 0) is 0 Å². The van der Waals surface area contributed by atoms with Gasteiger partial charge in [0, 0.05) is 0 Å². The van der Waals surface area contributed by atoms with Crippen LogP contribution in [0.1, 0.15) is 142 Å². The number of thioether (sulfide) groups is 1. The van der Waals surface area contributed by atoms with Crippen molar-refractivity contribution >= 4 is 11.8 Å². The number of hydrogen-bond donors (Lipinski definition) is 0. The molecular formula is C40H66S. The van der Waals surface area contributed by atoms with Crippen LogP contribution in [0.3, 0.4) is 0 Å². The molecule has 0 aliphatic rings. The predicted octanol–water partition coefficient (Wildman–Crippen LogP) is 14.0. The molecule has 0 radical (unpaired) electrons. The van der Waals surface area contributed by atoms with Crippen molar-refractivity contribution in [3.63, 3.8) is 0 Å². The highest BCUT2D eigenvalue weighted by Crippen LogP contribution is 2.11. The highest BCUT2D eigenvalue weighted by molar-refractivity contribution is 7.99. The summed E-state index contributed by atoms with van der Waals surface area (Å²) in [6.45, 7) is 4.52. The molecule has 0 aromatic carbocycles. The zero-order valence-corrected chi connectivity index (χ0v) is 28.0. The maximum atomic E-state index is 2.36. The van der Waals surface area contributed by atoms with E-state index in [-0.39, 0.29) is 0 Å². The lowest BCUT2D eigenvalue weighted by Crippen LogP contribution is -1.84. The van der Waals surface area contributed by atoms with Crippen LogP contribution in [-0.4, -0.2) is 11.5 Å².